The molecular formula is C12H14F2N2O2. The van der Waals surface area contributed by atoms with E-state index in [9.17, 15) is 13.6 Å². The van der Waals surface area contributed by atoms with E-state index in [1.807, 2.05) is 0 Å². The highest BCUT2D eigenvalue weighted by atomic mass is 19.3. The van der Waals surface area contributed by atoms with E-state index < -0.39 is 17.9 Å². The number of hydrogen-bond acceptors (Lipinski definition) is 3. The van der Waals surface area contributed by atoms with Crippen LogP contribution in [-0.4, -0.2) is 22.9 Å². The van der Waals surface area contributed by atoms with Gasteiger partial charge in [0, 0.05) is 30.7 Å². The Bertz CT molecular complexity index is 469. The molecular weight excluding hydrogens is 242 g/mol. The van der Waals surface area contributed by atoms with Gasteiger partial charge in [0.25, 0.3) is 5.92 Å². The number of halogens is 2. The number of amides is 1. The van der Waals surface area contributed by atoms with Crippen molar-refractivity contribution in [1.82, 2.24) is 4.98 Å². The zero-order chi connectivity index (χ0) is 13.3. The zero-order valence-electron chi connectivity index (χ0n) is 9.95. The molecule has 1 aliphatic rings. The number of alkyl halides is 2. The predicted molar refractivity (Wildman–Crippen MR) is 60.5 cm³/mol. The smallest absolute Gasteiger partial charge is 0.255 e. The van der Waals surface area contributed by atoms with Crippen molar-refractivity contribution >= 4 is 5.91 Å². The van der Waals surface area contributed by atoms with Crippen LogP contribution in [0.2, 0.25) is 0 Å². The summed E-state index contributed by atoms with van der Waals surface area (Å²) in [6, 6.07) is 3.22. The van der Waals surface area contributed by atoms with Crippen molar-refractivity contribution in [3.63, 3.8) is 0 Å². The van der Waals surface area contributed by atoms with E-state index >= 15 is 0 Å². The Labute approximate surface area is 103 Å². The van der Waals surface area contributed by atoms with Crippen molar-refractivity contribution in [3.05, 3.63) is 23.5 Å². The number of rotatable bonds is 4. The summed E-state index contributed by atoms with van der Waals surface area (Å²) in [6.07, 6.45) is -0.985. The van der Waals surface area contributed by atoms with Crippen molar-refractivity contribution in [2.45, 2.75) is 38.2 Å². The number of ether oxygens (including phenoxy) is 1. The minimum absolute atomic E-state index is 0.0128. The molecule has 4 nitrogen and oxygen atoms in total. The largest absolute Gasteiger partial charge is 0.490 e. The van der Waals surface area contributed by atoms with Crippen LogP contribution in [0.4, 0.5) is 8.78 Å². The highest BCUT2D eigenvalue weighted by Gasteiger charge is 2.47. The van der Waals surface area contributed by atoms with Crippen LogP contribution in [-0.2, 0) is 11.2 Å². The molecule has 1 amide bonds. The Hall–Kier alpha value is -1.72. The van der Waals surface area contributed by atoms with Crippen LogP contribution < -0.4 is 10.5 Å². The number of hydrogen-bond donors (Lipinski definition) is 1. The molecule has 98 valence electrons. The summed E-state index contributed by atoms with van der Waals surface area (Å²) in [5.74, 6) is -2.64. The van der Waals surface area contributed by atoms with Gasteiger partial charge in [0.1, 0.15) is 11.9 Å². The summed E-state index contributed by atoms with van der Waals surface area (Å²) < 4.78 is 30.8. The molecule has 0 spiro atoms. The van der Waals surface area contributed by atoms with Gasteiger partial charge in [-0.2, -0.15) is 0 Å². The van der Waals surface area contributed by atoms with Crippen LogP contribution in [0, 0.1) is 6.92 Å². The summed E-state index contributed by atoms with van der Waals surface area (Å²) in [7, 11) is 0. The number of carbonyl (C=O) groups excluding carboxylic acids is 1. The van der Waals surface area contributed by atoms with E-state index in [4.69, 9.17) is 10.5 Å². The number of pyridine rings is 1. The molecule has 0 saturated heterocycles. The molecule has 0 bridgehead atoms. The molecule has 18 heavy (non-hydrogen) atoms. The molecule has 2 rings (SSSR count). The third-order valence-electron chi connectivity index (χ3n) is 2.69. The number of aryl methyl sites for hydroxylation is 1. The molecule has 2 N–H and O–H groups in total. The summed E-state index contributed by atoms with van der Waals surface area (Å²) in [4.78, 5) is 14.9. The van der Waals surface area contributed by atoms with Gasteiger partial charge >= 0.3 is 0 Å². The van der Waals surface area contributed by atoms with E-state index in [-0.39, 0.29) is 19.3 Å². The minimum Gasteiger partial charge on any atom is -0.490 e. The minimum atomic E-state index is -2.61. The molecule has 1 aromatic heterocycles. The zero-order valence-corrected chi connectivity index (χ0v) is 9.95. The van der Waals surface area contributed by atoms with Gasteiger partial charge in [-0.15, -0.1) is 0 Å². The second kappa shape index (κ2) is 4.51. The first-order valence-electron chi connectivity index (χ1n) is 5.64. The first-order chi connectivity index (χ1) is 8.34. The van der Waals surface area contributed by atoms with Gasteiger partial charge in [-0.25, -0.2) is 8.78 Å². The highest BCUT2D eigenvalue weighted by Crippen LogP contribution is 2.39. The van der Waals surface area contributed by atoms with Gasteiger partial charge in [0.05, 0.1) is 12.1 Å². The molecule has 1 saturated carbocycles. The average Bonchev–Trinajstić information content (AvgIpc) is 2.11. The molecule has 6 heteroatoms. The molecule has 0 atom stereocenters. The van der Waals surface area contributed by atoms with Crippen molar-refractivity contribution in [3.8, 4) is 5.75 Å². The lowest BCUT2D eigenvalue weighted by molar-refractivity contribution is -0.134. The van der Waals surface area contributed by atoms with Crippen LogP contribution in [0.25, 0.3) is 0 Å². The fraction of sp³-hybridized carbons (Fsp3) is 0.500. The van der Waals surface area contributed by atoms with Gasteiger partial charge in [0.15, 0.2) is 0 Å². The molecule has 0 unspecified atom stereocenters. The molecule has 0 aliphatic heterocycles. The normalized spacial score (nSPS) is 18.2. The number of primary amides is 1. The first kappa shape index (κ1) is 12.7. The fourth-order valence-corrected chi connectivity index (χ4v) is 1.92. The van der Waals surface area contributed by atoms with Crippen molar-refractivity contribution in [1.29, 1.82) is 0 Å². The average molecular weight is 256 g/mol. The lowest BCUT2D eigenvalue weighted by Crippen LogP contribution is -2.43. The van der Waals surface area contributed by atoms with Crippen LogP contribution in [0.5, 0.6) is 5.75 Å². The third kappa shape index (κ3) is 3.15. The molecule has 1 heterocycles. The van der Waals surface area contributed by atoms with Gasteiger partial charge < -0.3 is 10.5 Å². The second-order valence-corrected chi connectivity index (χ2v) is 4.58. The summed E-state index contributed by atoms with van der Waals surface area (Å²) in [5.41, 5.74) is 6.23. The number of aromatic nitrogens is 1. The monoisotopic (exact) mass is 256 g/mol. The number of carbonyl (C=O) groups is 1. The van der Waals surface area contributed by atoms with E-state index in [0.717, 1.165) is 0 Å². The maximum absolute atomic E-state index is 12.7. The first-order valence-corrected chi connectivity index (χ1v) is 5.64. The van der Waals surface area contributed by atoms with E-state index in [0.29, 0.717) is 17.1 Å². The van der Waals surface area contributed by atoms with Gasteiger partial charge in [-0.1, -0.05) is 0 Å². The number of nitrogens with zero attached hydrogens (tertiary/aromatic N) is 1. The third-order valence-corrected chi connectivity index (χ3v) is 2.69. The maximum atomic E-state index is 12.7. The summed E-state index contributed by atoms with van der Waals surface area (Å²) in [5, 5.41) is 0. The highest BCUT2D eigenvalue weighted by molar-refractivity contribution is 5.76. The molecule has 1 aliphatic carbocycles. The summed E-state index contributed by atoms with van der Waals surface area (Å²) in [6.45, 7) is 1.74. The lowest BCUT2D eigenvalue weighted by atomic mass is 9.91. The van der Waals surface area contributed by atoms with Gasteiger partial charge in [-0.05, 0) is 6.92 Å². The summed E-state index contributed by atoms with van der Waals surface area (Å²) >= 11 is 0. The second-order valence-electron chi connectivity index (χ2n) is 4.58. The quantitative estimate of drug-likeness (QED) is 0.889. The van der Waals surface area contributed by atoms with E-state index in [1.165, 1.54) is 0 Å². The maximum Gasteiger partial charge on any atom is 0.255 e. The van der Waals surface area contributed by atoms with Crippen LogP contribution >= 0.6 is 0 Å². The van der Waals surface area contributed by atoms with Crippen molar-refractivity contribution in [2.75, 3.05) is 0 Å². The van der Waals surface area contributed by atoms with Crippen LogP contribution in [0.3, 0.4) is 0 Å². The SMILES string of the molecule is Cc1cc(OC2CC(F)(F)C2)cc(CC(N)=O)n1. The van der Waals surface area contributed by atoms with Crippen LogP contribution in [0.15, 0.2) is 12.1 Å². The van der Waals surface area contributed by atoms with Crippen molar-refractivity contribution < 1.29 is 18.3 Å². The van der Waals surface area contributed by atoms with Gasteiger partial charge in [-0.3, -0.25) is 9.78 Å². The van der Waals surface area contributed by atoms with Crippen LogP contribution in [0.1, 0.15) is 24.2 Å². The Morgan fingerprint density at radius 2 is 2.22 bits per heavy atom. The standard InChI is InChI=1S/C12H14F2N2O2/c1-7-2-9(3-8(16-7)4-11(15)17)18-10-5-12(13,14)6-10/h2-3,10H,4-6H2,1H3,(H2,15,17). The van der Waals surface area contributed by atoms with Crippen molar-refractivity contribution in [2.24, 2.45) is 5.73 Å². The fourth-order valence-electron chi connectivity index (χ4n) is 1.92. The molecule has 1 fully saturated rings. The Kier molecular flexibility index (Phi) is 3.19. The molecule has 0 aromatic carbocycles. The van der Waals surface area contributed by atoms with E-state index in [1.54, 1.807) is 19.1 Å². The Balaban J connectivity index is 2.04. The molecule has 0 radical (unpaired) electrons. The predicted octanol–water partition coefficient (Wildman–Crippen LogP) is 1.59. The van der Waals surface area contributed by atoms with E-state index in [2.05, 4.69) is 4.98 Å². The van der Waals surface area contributed by atoms with Gasteiger partial charge in [0.2, 0.25) is 5.91 Å². The topological polar surface area (TPSA) is 65.2 Å². The Morgan fingerprint density at radius 1 is 1.56 bits per heavy atom. The number of nitrogens with two attached hydrogens (primary N) is 1. The lowest BCUT2D eigenvalue weighted by Gasteiger charge is -2.34. The molecule has 1 aromatic rings. The Morgan fingerprint density at radius 3 is 2.78 bits per heavy atom.